The third-order valence-electron chi connectivity index (χ3n) is 10.7. The van der Waals surface area contributed by atoms with Gasteiger partial charge in [0, 0.05) is 16.1 Å². The average molecular weight is 501 g/mol. The van der Waals surface area contributed by atoms with Gasteiger partial charge in [0.15, 0.2) is 0 Å². The maximum atomic E-state index is 2.65. The number of rotatable bonds is 7. The second-order valence-corrected chi connectivity index (χ2v) is 13.6. The van der Waals surface area contributed by atoms with E-state index in [9.17, 15) is 0 Å². The highest BCUT2D eigenvalue weighted by Gasteiger charge is 2.85. The molecule has 186 valence electrons. The highest BCUT2D eigenvalue weighted by molar-refractivity contribution is 8.00. The Hall–Kier alpha value is -2.77. The van der Waals surface area contributed by atoms with Gasteiger partial charge in [-0.3, -0.25) is 0 Å². The molecule has 4 aromatic carbocycles. The Balaban J connectivity index is 1.30. The maximum absolute atomic E-state index is 2.65. The van der Waals surface area contributed by atoms with Crippen molar-refractivity contribution in [3.8, 4) is 0 Å². The SMILES string of the molecule is C[C@@]1([C@H]2[C@@H](c3ccccc3)[C@]2(C)[C@@]2(C)C[C@@H]2c2ccccc2)[C@H](Sc2ccccc2)[C@H]1c1ccccc1. The maximum Gasteiger partial charge on any atom is 0.0232 e. The minimum absolute atomic E-state index is 0.254. The third-order valence-corrected chi connectivity index (χ3v) is 12.2. The zero-order valence-electron chi connectivity index (χ0n) is 22.0. The van der Waals surface area contributed by atoms with Gasteiger partial charge in [-0.15, -0.1) is 11.8 Å². The Bertz CT molecular complexity index is 1380. The van der Waals surface area contributed by atoms with E-state index in [-0.39, 0.29) is 10.8 Å². The first-order chi connectivity index (χ1) is 18.0. The lowest BCUT2D eigenvalue weighted by atomic mass is 9.78. The van der Waals surface area contributed by atoms with E-state index in [2.05, 4.69) is 154 Å². The predicted octanol–water partition coefficient (Wildman–Crippen LogP) is 9.56. The van der Waals surface area contributed by atoms with Crippen LogP contribution in [0.5, 0.6) is 0 Å². The minimum Gasteiger partial charge on any atom is -0.121 e. The van der Waals surface area contributed by atoms with Crippen molar-refractivity contribution in [3.05, 3.63) is 138 Å². The summed E-state index contributed by atoms with van der Waals surface area (Å²) < 4.78 is 0. The summed E-state index contributed by atoms with van der Waals surface area (Å²) in [5, 5.41) is 0.591. The van der Waals surface area contributed by atoms with Gasteiger partial charge in [-0.1, -0.05) is 130 Å². The molecule has 0 saturated heterocycles. The highest BCUT2D eigenvalue weighted by atomic mass is 32.2. The lowest BCUT2D eigenvalue weighted by Crippen LogP contribution is -2.20. The summed E-state index contributed by atoms with van der Waals surface area (Å²) in [7, 11) is 0. The molecule has 0 nitrogen and oxygen atoms in total. The van der Waals surface area contributed by atoms with Crippen LogP contribution >= 0.6 is 11.8 Å². The molecule has 0 aliphatic heterocycles. The lowest BCUT2D eigenvalue weighted by molar-refractivity contribution is 0.251. The first-order valence-electron chi connectivity index (χ1n) is 13.9. The lowest BCUT2D eigenvalue weighted by Gasteiger charge is -2.26. The van der Waals surface area contributed by atoms with Crippen molar-refractivity contribution in [1.29, 1.82) is 0 Å². The van der Waals surface area contributed by atoms with Gasteiger partial charge in [-0.25, -0.2) is 0 Å². The van der Waals surface area contributed by atoms with Crippen LogP contribution in [0.1, 0.15) is 61.6 Å². The fourth-order valence-electron chi connectivity index (χ4n) is 8.46. The molecule has 0 heterocycles. The van der Waals surface area contributed by atoms with Crippen LogP contribution < -0.4 is 0 Å². The Morgan fingerprint density at radius 3 is 1.57 bits per heavy atom. The van der Waals surface area contributed by atoms with Crippen molar-refractivity contribution in [2.45, 2.75) is 55.1 Å². The molecule has 3 aliphatic carbocycles. The van der Waals surface area contributed by atoms with Gasteiger partial charge in [-0.05, 0) is 69.2 Å². The van der Waals surface area contributed by atoms with Gasteiger partial charge in [0.25, 0.3) is 0 Å². The minimum atomic E-state index is 0.254. The summed E-state index contributed by atoms with van der Waals surface area (Å²) in [5.41, 5.74) is 5.44. The molecule has 4 aromatic rings. The monoisotopic (exact) mass is 500 g/mol. The van der Waals surface area contributed by atoms with E-state index in [1.165, 1.54) is 22.4 Å². The summed E-state index contributed by atoms with van der Waals surface area (Å²) in [4.78, 5) is 1.40. The third kappa shape index (κ3) is 3.43. The van der Waals surface area contributed by atoms with Gasteiger partial charge >= 0.3 is 0 Å². The standard InChI is InChI=1S/C36H36S/c1-34(24-29(34)25-16-8-4-9-17-25)36(3)30(26-18-10-5-11-19-26)32(36)35(2)31(27-20-12-6-13-21-27)33(35)37-28-22-14-7-15-23-28/h4-23,29-33H,24H2,1-3H3/t29-,30-,31-,32-,33-,34+,35-,36+/m1/s1. The molecule has 7 rings (SSSR count). The molecule has 3 aliphatic rings. The normalized spacial score (nSPS) is 37.6. The van der Waals surface area contributed by atoms with Crippen LogP contribution in [0, 0.1) is 22.2 Å². The Morgan fingerprint density at radius 1 is 0.568 bits per heavy atom. The zero-order valence-corrected chi connectivity index (χ0v) is 22.9. The van der Waals surface area contributed by atoms with Crippen molar-refractivity contribution in [2.75, 3.05) is 0 Å². The van der Waals surface area contributed by atoms with E-state index in [1.54, 1.807) is 5.56 Å². The molecular weight excluding hydrogens is 464 g/mol. The Kier molecular flexibility index (Phi) is 5.28. The Labute approximate surface area is 226 Å². The van der Waals surface area contributed by atoms with E-state index in [0.29, 0.717) is 34.3 Å². The van der Waals surface area contributed by atoms with Gasteiger partial charge in [0.1, 0.15) is 0 Å². The molecule has 0 amide bonds. The Morgan fingerprint density at radius 2 is 1.03 bits per heavy atom. The average Bonchev–Trinajstić information content (AvgIpc) is 3.89. The van der Waals surface area contributed by atoms with E-state index < -0.39 is 0 Å². The van der Waals surface area contributed by atoms with Gasteiger partial charge in [-0.2, -0.15) is 0 Å². The molecule has 0 unspecified atom stereocenters. The van der Waals surface area contributed by atoms with Crippen LogP contribution in [-0.4, -0.2) is 5.25 Å². The number of hydrogen-bond acceptors (Lipinski definition) is 1. The summed E-state index contributed by atoms with van der Waals surface area (Å²) in [6.45, 7) is 7.87. The van der Waals surface area contributed by atoms with Crippen molar-refractivity contribution >= 4 is 11.8 Å². The molecule has 3 saturated carbocycles. The molecular formula is C36H36S. The van der Waals surface area contributed by atoms with E-state index in [4.69, 9.17) is 0 Å². The second-order valence-electron chi connectivity index (χ2n) is 12.3. The second kappa shape index (κ2) is 8.37. The molecule has 0 N–H and O–H groups in total. The molecule has 0 bridgehead atoms. The largest absolute Gasteiger partial charge is 0.121 e. The van der Waals surface area contributed by atoms with Crippen LogP contribution in [0.2, 0.25) is 0 Å². The van der Waals surface area contributed by atoms with E-state index in [0.717, 1.165) is 0 Å². The molecule has 8 atom stereocenters. The molecule has 1 heteroatoms. The van der Waals surface area contributed by atoms with Crippen LogP contribution in [0.15, 0.2) is 126 Å². The quantitative estimate of drug-likeness (QED) is 0.243. The predicted molar refractivity (Wildman–Crippen MR) is 156 cm³/mol. The molecule has 0 aromatic heterocycles. The molecule has 3 fully saturated rings. The number of thioether (sulfide) groups is 1. The molecule has 37 heavy (non-hydrogen) atoms. The van der Waals surface area contributed by atoms with Crippen molar-refractivity contribution in [2.24, 2.45) is 22.2 Å². The smallest absolute Gasteiger partial charge is 0.0232 e. The number of benzene rings is 4. The van der Waals surface area contributed by atoms with E-state index >= 15 is 0 Å². The summed E-state index contributed by atoms with van der Waals surface area (Å²) in [5.74, 6) is 2.50. The van der Waals surface area contributed by atoms with Crippen molar-refractivity contribution < 1.29 is 0 Å². The molecule has 0 radical (unpaired) electrons. The first kappa shape index (κ1) is 23.4. The van der Waals surface area contributed by atoms with E-state index in [1.807, 2.05) is 0 Å². The highest BCUT2D eigenvalue weighted by Crippen LogP contribution is 2.91. The van der Waals surface area contributed by atoms with Crippen molar-refractivity contribution in [1.82, 2.24) is 0 Å². The van der Waals surface area contributed by atoms with Crippen molar-refractivity contribution in [3.63, 3.8) is 0 Å². The summed E-state index contributed by atoms with van der Waals surface area (Å²) >= 11 is 2.11. The summed E-state index contributed by atoms with van der Waals surface area (Å²) in [6.07, 6.45) is 1.30. The van der Waals surface area contributed by atoms with Crippen LogP contribution in [0.4, 0.5) is 0 Å². The first-order valence-corrected chi connectivity index (χ1v) is 14.7. The van der Waals surface area contributed by atoms with Crippen LogP contribution in [0.25, 0.3) is 0 Å². The fraction of sp³-hybridized carbons (Fsp3) is 0.333. The molecule has 0 spiro atoms. The van der Waals surface area contributed by atoms with Gasteiger partial charge < -0.3 is 0 Å². The number of hydrogen-bond donors (Lipinski definition) is 0. The zero-order chi connectivity index (χ0) is 25.3. The fourth-order valence-corrected chi connectivity index (χ4v) is 10.1. The van der Waals surface area contributed by atoms with Crippen LogP contribution in [0.3, 0.4) is 0 Å². The van der Waals surface area contributed by atoms with Gasteiger partial charge in [0.2, 0.25) is 0 Å². The topological polar surface area (TPSA) is 0 Å². The van der Waals surface area contributed by atoms with Gasteiger partial charge in [0.05, 0.1) is 0 Å². The summed E-state index contributed by atoms with van der Waals surface area (Å²) in [6, 6.07) is 45.2. The van der Waals surface area contributed by atoms with Crippen LogP contribution in [-0.2, 0) is 0 Å².